The highest BCUT2D eigenvalue weighted by Gasteiger charge is 2.26. The zero-order valence-corrected chi connectivity index (χ0v) is 22.5. The highest BCUT2D eigenvalue weighted by molar-refractivity contribution is 7.99. The number of nitrogens with zero attached hydrogens (tertiary/aromatic N) is 2. The number of thioether (sulfide) groups is 1. The van der Waals surface area contributed by atoms with E-state index in [0.29, 0.717) is 37.2 Å². The molecule has 0 bridgehead atoms. The highest BCUT2D eigenvalue weighted by Crippen LogP contribution is 2.43. The second-order valence-corrected chi connectivity index (χ2v) is 10.7. The SMILES string of the molecule is N#Cc1c(Nc2ccccc2)nc2c(c1-c1ccc(Cl)c(Cl)c1)CSC/C2=C\c1ccc(Cl)c(Cl)c1. The third kappa shape index (κ3) is 5.09. The largest absolute Gasteiger partial charge is 0.339 e. The quantitative estimate of drug-likeness (QED) is 0.266. The topological polar surface area (TPSA) is 48.7 Å². The smallest absolute Gasteiger partial charge is 0.149 e. The minimum atomic E-state index is 0.427. The van der Waals surface area contributed by atoms with Crippen LogP contribution >= 0.6 is 58.2 Å². The van der Waals surface area contributed by atoms with Crippen LogP contribution in [0.15, 0.2) is 66.7 Å². The van der Waals surface area contributed by atoms with Gasteiger partial charge in [-0.25, -0.2) is 4.98 Å². The minimum Gasteiger partial charge on any atom is -0.339 e. The molecule has 3 aromatic carbocycles. The molecule has 3 nitrogen and oxygen atoms in total. The molecule has 1 aliphatic rings. The third-order valence-corrected chi connectivity index (χ3v) is 8.23. The first-order valence-corrected chi connectivity index (χ1v) is 13.6. The summed E-state index contributed by atoms with van der Waals surface area (Å²) in [4.78, 5) is 4.99. The number of nitriles is 1. The third-order valence-electron chi connectivity index (χ3n) is 5.75. The predicted octanol–water partition coefficient (Wildman–Crippen LogP) is 9.76. The number of benzene rings is 3. The summed E-state index contributed by atoms with van der Waals surface area (Å²) < 4.78 is 0. The summed E-state index contributed by atoms with van der Waals surface area (Å²) in [6, 6.07) is 23.0. The Bertz CT molecular complexity index is 1550. The second kappa shape index (κ2) is 10.8. The van der Waals surface area contributed by atoms with Crippen molar-refractivity contribution in [2.75, 3.05) is 11.1 Å². The van der Waals surface area contributed by atoms with Crippen molar-refractivity contribution in [2.24, 2.45) is 0 Å². The Labute approximate surface area is 233 Å². The lowest BCUT2D eigenvalue weighted by molar-refractivity contribution is 1.18. The second-order valence-electron chi connectivity index (χ2n) is 8.11. The number of pyridine rings is 1. The number of fused-ring (bicyclic) bond motifs is 1. The van der Waals surface area contributed by atoms with E-state index in [9.17, 15) is 5.26 Å². The van der Waals surface area contributed by atoms with Crippen molar-refractivity contribution in [2.45, 2.75) is 5.75 Å². The molecule has 2 heterocycles. The van der Waals surface area contributed by atoms with Crippen LogP contribution in [0.5, 0.6) is 0 Å². The van der Waals surface area contributed by atoms with Crippen molar-refractivity contribution in [3.05, 3.63) is 109 Å². The van der Waals surface area contributed by atoms with E-state index in [4.69, 9.17) is 51.4 Å². The number of rotatable bonds is 4. The van der Waals surface area contributed by atoms with Crippen molar-refractivity contribution < 1.29 is 0 Å². The van der Waals surface area contributed by atoms with Gasteiger partial charge in [-0.2, -0.15) is 17.0 Å². The molecule has 8 heteroatoms. The summed E-state index contributed by atoms with van der Waals surface area (Å²) in [6.07, 6.45) is 2.07. The maximum Gasteiger partial charge on any atom is 0.149 e. The number of aromatic nitrogens is 1. The van der Waals surface area contributed by atoms with Crippen LogP contribution in [0.4, 0.5) is 11.5 Å². The summed E-state index contributed by atoms with van der Waals surface area (Å²) in [5.74, 6) is 1.95. The molecule has 1 aromatic heterocycles. The molecule has 5 rings (SSSR count). The molecule has 1 aliphatic heterocycles. The van der Waals surface area contributed by atoms with Gasteiger partial charge >= 0.3 is 0 Å². The van der Waals surface area contributed by atoms with Gasteiger partial charge in [-0.15, -0.1) is 0 Å². The average molecular weight is 569 g/mol. The van der Waals surface area contributed by atoms with E-state index in [1.807, 2.05) is 48.5 Å². The molecular weight excluding hydrogens is 552 g/mol. The normalized spacial score (nSPS) is 13.8. The molecule has 0 saturated heterocycles. The Hall–Kier alpha value is -2.65. The Kier molecular flexibility index (Phi) is 7.48. The number of nitrogens with one attached hydrogen (secondary N) is 1. The lowest BCUT2D eigenvalue weighted by Gasteiger charge is -2.24. The van der Waals surface area contributed by atoms with Crippen LogP contribution in [0.25, 0.3) is 22.8 Å². The Morgan fingerprint density at radius 3 is 2.28 bits per heavy atom. The van der Waals surface area contributed by atoms with Gasteiger partial charge in [-0.05, 0) is 64.7 Å². The van der Waals surface area contributed by atoms with Gasteiger partial charge < -0.3 is 5.32 Å². The lowest BCUT2D eigenvalue weighted by Crippen LogP contribution is -2.11. The molecule has 0 aliphatic carbocycles. The van der Waals surface area contributed by atoms with Crippen LogP contribution in [0, 0.1) is 11.3 Å². The summed E-state index contributed by atoms with van der Waals surface area (Å²) in [7, 11) is 0. The van der Waals surface area contributed by atoms with Gasteiger partial charge in [-0.3, -0.25) is 0 Å². The van der Waals surface area contributed by atoms with E-state index in [-0.39, 0.29) is 0 Å². The highest BCUT2D eigenvalue weighted by atomic mass is 35.5. The van der Waals surface area contributed by atoms with E-state index in [1.54, 1.807) is 30.0 Å². The number of halogens is 4. The fraction of sp³-hybridized carbons (Fsp3) is 0.0714. The fourth-order valence-corrected chi connectivity index (χ4v) is 5.73. The van der Waals surface area contributed by atoms with Crippen LogP contribution in [-0.4, -0.2) is 10.7 Å². The first-order chi connectivity index (χ1) is 17.4. The summed E-state index contributed by atoms with van der Waals surface area (Å²) in [6.45, 7) is 0. The van der Waals surface area contributed by atoms with Crippen molar-refractivity contribution >= 4 is 81.3 Å². The number of para-hydroxylation sites is 1. The van der Waals surface area contributed by atoms with Crippen LogP contribution in [0.2, 0.25) is 20.1 Å². The molecule has 0 unspecified atom stereocenters. The van der Waals surface area contributed by atoms with Gasteiger partial charge in [-0.1, -0.05) is 76.7 Å². The van der Waals surface area contributed by atoms with Crippen molar-refractivity contribution in [1.82, 2.24) is 4.98 Å². The zero-order valence-electron chi connectivity index (χ0n) is 18.7. The molecule has 1 N–H and O–H groups in total. The maximum atomic E-state index is 10.3. The predicted molar refractivity (Wildman–Crippen MR) is 155 cm³/mol. The zero-order chi connectivity index (χ0) is 25.2. The Balaban J connectivity index is 1.75. The van der Waals surface area contributed by atoms with Gasteiger partial charge in [0.15, 0.2) is 0 Å². The van der Waals surface area contributed by atoms with Crippen molar-refractivity contribution in [3.8, 4) is 17.2 Å². The van der Waals surface area contributed by atoms with Crippen LogP contribution in [0.1, 0.15) is 22.4 Å². The molecule has 0 atom stereocenters. The summed E-state index contributed by atoms with van der Waals surface area (Å²) >= 11 is 26.7. The molecule has 0 fully saturated rings. The molecule has 0 spiro atoms. The fourth-order valence-electron chi connectivity index (χ4n) is 4.10. The minimum absolute atomic E-state index is 0.427. The van der Waals surface area contributed by atoms with Gasteiger partial charge in [0.1, 0.15) is 17.5 Å². The van der Waals surface area contributed by atoms with Crippen LogP contribution < -0.4 is 5.32 Å². The molecule has 0 saturated carbocycles. The van der Waals surface area contributed by atoms with Gasteiger partial charge in [0.25, 0.3) is 0 Å². The molecule has 0 amide bonds. The maximum absolute atomic E-state index is 10.3. The van der Waals surface area contributed by atoms with Crippen LogP contribution in [-0.2, 0) is 5.75 Å². The number of hydrogen-bond donors (Lipinski definition) is 1. The van der Waals surface area contributed by atoms with E-state index in [1.165, 1.54) is 0 Å². The van der Waals surface area contributed by atoms with Gasteiger partial charge in [0.05, 0.1) is 25.8 Å². The van der Waals surface area contributed by atoms with Gasteiger partial charge in [0, 0.05) is 22.8 Å². The number of hydrogen-bond acceptors (Lipinski definition) is 4. The lowest BCUT2D eigenvalue weighted by atomic mass is 9.92. The molecule has 36 heavy (non-hydrogen) atoms. The first-order valence-electron chi connectivity index (χ1n) is 10.9. The first kappa shape index (κ1) is 25.0. The monoisotopic (exact) mass is 567 g/mol. The summed E-state index contributed by atoms with van der Waals surface area (Å²) in [5, 5.41) is 15.5. The molecule has 0 radical (unpaired) electrons. The van der Waals surface area contributed by atoms with Crippen molar-refractivity contribution in [3.63, 3.8) is 0 Å². The Morgan fingerprint density at radius 1 is 0.861 bits per heavy atom. The van der Waals surface area contributed by atoms with E-state index < -0.39 is 0 Å². The molecule has 178 valence electrons. The number of anilines is 2. The molecule has 4 aromatic rings. The van der Waals surface area contributed by atoms with Crippen LogP contribution in [0.3, 0.4) is 0 Å². The average Bonchev–Trinajstić information content (AvgIpc) is 2.88. The van der Waals surface area contributed by atoms with E-state index in [0.717, 1.165) is 45.0 Å². The standard InChI is InChI=1S/C28H17Cl4N3S/c29-22-8-6-16(11-24(22)31)10-18-14-36-15-21-26(17-7-9-23(30)25(32)12-17)20(13-33)28(35-27(18)21)34-19-4-2-1-3-5-19/h1-12H,14-15H2,(H,34,35)/b18-10+. The van der Waals surface area contributed by atoms with E-state index >= 15 is 0 Å². The Morgan fingerprint density at radius 2 is 1.58 bits per heavy atom. The molecular formula is C28H17Cl4N3S. The summed E-state index contributed by atoms with van der Waals surface area (Å²) in [5.41, 5.74) is 6.66. The van der Waals surface area contributed by atoms with Crippen molar-refractivity contribution in [1.29, 1.82) is 5.26 Å². The van der Waals surface area contributed by atoms with Gasteiger partial charge in [0.2, 0.25) is 0 Å². The van der Waals surface area contributed by atoms with E-state index in [2.05, 4.69) is 17.5 Å².